The summed E-state index contributed by atoms with van der Waals surface area (Å²) in [6.45, 7) is 1.24. The molecular weight excluding hydrogens is 503 g/mol. The van der Waals surface area contributed by atoms with Crippen molar-refractivity contribution in [3.05, 3.63) is 141 Å². The second-order valence-electron chi connectivity index (χ2n) is 9.25. The van der Waals surface area contributed by atoms with E-state index in [2.05, 4.69) is 0 Å². The minimum atomic E-state index is -1.13. The lowest BCUT2D eigenvalue weighted by Crippen LogP contribution is -2.39. The standard InChI is InChI=1S/C30H27FN2O6/c1-20(34)38-25-17-27(33-18-24(31)28(35)32-29(33)36)39-26(25)19-37-30(21-11-5-2-6-12-21,22-13-7-3-8-14-22)23-15-9-4-10-16-23/h2-16,18,25-27H,17,19H2,1H3,(H,32,35,36). The first-order valence-electron chi connectivity index (χ1n) is 12.5. The molecule has 0 radical (unpaired) electrons. The maximum atomic E-state index is 14.0. The van der Waals surface area contributed by atoms with Crippen LogP contribution < -0.4 is 11.2 Å². The molecule has 2 heterocycles. The topological polar surface area (TPSA) is 99.6 Å². The van der Waals surface area contributed by atoms with Crippen molar-refractivity contribution in [1.29, 1.82) is 0 Å². The van der Waals surface area contributed by atoms with E-state index in [0.717, 1.165) is 27.5 Å². The van der Waals surface area contributed by atoms with E-state index in [0.29, 0.717) is 0 Å². The molecule has 0 amide bonds. The zero-order valence-electron chi connectivity index (χ0n) is 21.2. The van der Waals surface area contributed by atoms with Crippen molar-refractivity contribution < 1.29 is 23.4 Å². The molecule has 3 aromatic carbocycles. The number of hydrogen-bond acceptors (Lipinski definition) is 6. The lowest BCUT2D eigenvalue weighted by molar-refractivity contribution is -0.153. The molecule has 8 nitrogen and oxygen atoms in total. The predicted molar refractivity (Wildman–Crippen MR) is 141 cm³/mol. The molecule has 1 fully saturated rings. The van der Waals surface area contributed by atoms with Crippen LogP contribution in [0.1, 0.15) is 36.3 Å². The van der Waals surface area contributed by atoms with Crippen molar-refractivity contribution in [2.24, 2.45) is 0 Å². The van der Waals surface area contributed by atoms with E-state index in [1.807, 2.05) is 96.0 Å². The summed E-state index contributed by atoms with van der Waals surface area (Å²) < 4.78 is 33.4. The van der Waals surface area contributed by atoms with Crippen LogP contribution in [-0.2, 0) is 24.6 Å². The van der Waals surface area contributed by atoms with Crippen molar-refractivity contribution in [1.82, 2.24) is 9.55 Å². The Balaban J connectivity index is 1.54. The molecule has 0 bridgehead atoms. The SMILES string of the molecule is CC(=O)OC1CC(n2cc(F)c(=O)[nH]c2=O)OC1COC(c1ccccc1)(c1ccccc1)c1ccccc1. The van der Waals surface area contributed by atoms with E-state index >= 15 is 0 Å². The maximum Gasteiger partial charge on any atom is 0.330 e. The zero-order chi connectivity index (χ0) is 27.4. The van der Waals surface area contributed by atoms with Crippen LogP contribution in [-0.4, -0.2) is 34.3 Å². The number of nitrogens with zero attached hydrogens (tertiary/aromatic N) is 1. The number of aromatic amines is 1. The number of benzene rings is 3. The van der Waals surface area contributed by atoms with E-state index in [1.165, 1.54) is 6.92 Å². The quantitative estimate of drug-likeness (QED) is 0.274. The number of aromatic nitrogens is 2. The fourth-order valence-electron chi connectivity index (χ4n) is 5.01. The van der Waals surface area contributed by atoms with Crippen LogP contribution >= 0.6 is 0 Å². The number of H-pyrrole nitrogens is 1. The van der Waals surface area contributed by atoms with Crippen LogP contribution in [0, 0.1) is 5.82 Å². The molecule has 9 heteroatoms. The van der Waals surface area contributed by atoms with Gasteiger partial charge in [0.2, 0.25) is 5.82 Å². The van der Waals surface area contributed by atoms with Crippen molar-refractivity contribution in [3.8, 4) is 0 Å². The summed E-state index contributed by atoms with van der Waals surface area (Å²) in [4.78, 5) is 37.8. The van der Waals surface area contributed by atoms with Gasteiger partial charge in [-0.1, -0.05) is 91.0 Å². The van der Waals surface area contributed by atoms with Gasteiger partial charge < -0.3 is 14.2 Å². The molecule has 200 valence electrons. The van der Waals surface area contributed by atoms with E-state index in [1.54, 1.807) is 0 Å². The van der Waals surface area contributed by atoms with Gasteiger partial charge >= 0.3 is 11.7 Å². The third-order valence-corrected chi connectivity index (χ3v) is 6.74. The third kappa shape index (κ3) is 5.32. The Morgan fingerprint density at radius 1 is 0.949 bits per heavy atom. The number of ether oxygens (including phenoxy) is 3. The third-order valence-electron chi connectivity index (χ3n) is 6.74. The molecule has 39 heavy (non-hydrogen) atoms. The molecule has 3 atom stereocenters. The van der Waals surface area contributed by atoms with E-state index in [4.69, 9.17) is 14.2 Å². The zero-order valence-corrected chi connectivity index (χ0v) is 21.2. The minimum absolute atomic E-state index is 0.0340. The number of halogens is 1. The molecule has 1 N–H and O–H groups in total. The number of rotatable bonds is 8. The lowest BCUT2D eigenvalue weighted by atomic mass is 9.80. The summed E-state index contributed by atoms with van der Waals surface area (Å²) in [6, 6.07) is 29.2. The average Bonchev–Trinajstić information content (AvgIpc) is 3.34. The minimum Gasteiger partial charge on any atom is -0.460 e. The molecule has 4 aromatic rings. The van der Waals surface area contributed by atoms with Gasteiger partial charge in [0.15, 0.2) is 0 Å². The molecule has 1 aliphatic heterocycles. The van der Waals surface area contributed by atoms with E-state index < -0.39 is 47.1 Å². The Morgan fingerprint density at radius 2 is 1.46 bits per heavy atom. The van der Waals surface area contributed by atoms with Gasteiger partial charge in [-0.2, -0.15) is 4.39 Å². The Labute approximate surface area is 223 Å². The predicted octanol–water partition coefficient (Wildman–Crippen LogP) is 3.90. The summed E-state index contributed by atoms with van der Waals surface area (Å²) in [6.07, 6.45) is -1.71. The highest BCUT2D eigenvalue weighted by Crippen LogP contribution is 2.41. The van der Waals surface area contributed by atoms with E-state index in [9.17, 15) is 18.8 Å². The normalized spacial score (nSPS) is 19.1. The van der Waals surface area contributed by atoms with Gasteiger partial charge in [-0.15, -0.1) is 0 Å². The van der Waals surface area contributed by atoms with Crippen LogP contribution in [0.5, 0.6) is 0 Å². The number of carbonyl (C=O) groups is 1. The van der Waals surface area contributed by atoms with E-state index in [-0.39, 0.29) is 13.0 Å². The second-order valence-corrected chi connectivity index (χ2v) is 9.25. The molecule has 1 saturated heterocycles. The van der Waals surface area contributed by atoms with Crippen molar-refractivity contribution in [2.75, 3.05) is 6.61 Å². The van der Waals surface area contributed by atoms with Gasteiger partial charge in [-0.25, -0.2) is 4.79 Å². The molecule has 5 rings (SSSR count). The summed E-state index contributed by atoms with van der Waals surface area (Å²) >= 11 is 0. The molecule has 3 unspecified atom stereocenters. The smallest absolute Gasteiger partial charge is 0.330 e. The first-order valence-corrected chi connectivity index (χ1v) is 12.5. The lowest BCUT2D eigenvalue weighted by Gasteiger charge is -2.37. The number of esters is 1. The Morgan fingerprint density at radius 3 is 1.95 bits per heavy atom. The highest BCUT2D eigenvalue weighted by Gasteiger charge is 2.43. The Bertz CT molecular complexity index is 1440. The van der Waals surface area contributed by atoms with Crippen LogP contribution in [0.2, 0.25) is 0 Å². The molecule has 0 saturated carbocycles. The van der Waals surface area contributed by atoms with Gasteiger partial charge in [0.05, 0.1) is 12.8 Å². The van der Waals surface area contributed by atoms with Crippen LogP contribution in [0.25, 0.3) is 0 Å². The van der Waals surface area contributed by atoms with Gasteiger partial charge in [-0.05, 0) is 16.7 Å². The van der Waals surface area contributed by atoms with Crippen LogP contribution in [0.15, 0.2) is 107 Å². The molecule has 1 aromatic heterocycles. The van der Waals surface area contributed by atoms with Crippen molar-refractivity contribution in [3.63, 3.8) is 0 Å². The largest absolute Gasteiger partial charge is 0.460 e. The Hall–Kier alpha value is -4.34. The van der Waals surface area contributed by atoms with Crippen molar-refractivity contribution >= 4 is 5.97 Å². The Kier molecular flexibility index (Phi) is 7.53. The van der Waals surface area contributed by atoms with Gasteiger partial charge in [0.1, 0.15) is 24.0 Å². The number of carbonyl (C=O) groups excluding carboxylic acids is 1. The molecular formula is C30H27FN2O6. The van der Waals surface area contributed by atoms with Gasteiger partial charge in [0, 0.05) is 13.3 Å². The number of nitrogens with one attached hydrogen (secondary N) is 1. The molecule has 1 aliphatic rings. The van der Waals surface area contributed by atoms with Crippen LogP contribution in [0.4, 0.5) is 4.39 Å². The fourth-order valence-corrected chi connectivity index (χ4v) is 5.01. The summed E-state index contributed by atoms with van der Waals surface area (Å²) in [5, 5.41) is 0. The average molecular weight is 531 g/mol. The monoisotopic (exact) mass is 530 g/mol. The highest BCUT2D eigenvalue weighted by molar-refractivity contribution is 5.66. The second kappa shape index (κ2) is 11.2. The fraction of sp³-hybridized carbons (Fsp3) is 0.233. The first-order chi connectivity index (χ1) is 18.9. The highest BCUT2D eigenvalue weighted by atomic mass is 19.1. The summed E-state index contributed by atoms with van der Waals surface area (Å²) in [5.74, 6) is -1.66. The van der Waals surface area contributed by atoms with Crippen molar-refractivity contribution in [2.45, 2.75) is 37.4 Å². The van der Waals surface area contributed by atoms with Gasteiger partial charge in [0.25, 0.3) is 5.56 Å². The van der Waals surface area contributed by atoms with Crippen LogP contribution in [0.3, 0.4) is 0 Å². The van der Waals surface area contributed by atoms with Gasteiger partial charge in [-0.3, -0.25) is 19.1 Å². The molecule has 0 aliphatic carbocycles. The number of hydrogen-bond donors (Lipinski definition) is 1. The maximum absolute atomic E-state index is 14.0. The first kappa shape index (κ1) is 26.3. The summed E-state index contributed by atoms with van der Waals surface area (Å²) in [5.41, 5.74) is -0.377. The molecule has 0 spiro atoms. The summed E-state index contributed by atoms with van der Waals surface area (Å²) in [7, 11) is 0.